The van der Waals surface area contributed by atoms with Crippen LogP contribution >= 0.6 is 0 Å². The smallest absolute Gasteiger partial charge is 0.341 e. The van der Waals surface area contributed by atoms with Gasteiger partial charge < -0.3 is 20.1 Å². The number of hydrogen-bond donors (Lipinski definition) is 3. The average Bonchev–Trinajstić information content (AvgIpc) is 3.47. The van der Waals surface area contributed by atoms with Crippen molar-refractivity contribution in [2.45, 2.75) is 43.0 Å². The summed E-state index contributed by atoms with van der Waals surface area (Å²) >= 11 is 0. The first-order chi connectivity index (χ1) is 16.8. The number of carboxylic acids is 1. The lowest BCUT2D eigenvalue weighted by atomic mass is 10.0. The average molecular weight is 504 g/mol. The molecule has 0 amide bonds. The number of ether oxygens (including phenoxy) is 1. The van der Waals surface area contributed by atoms with Crippen molar-refractivity contribution >= 4 is 21.7 Å². The Morgan fingerprint density at radius 3 is 2.86 bits per heavy atom. The van der Waals surface area contributed by atoms with E-state index in [1.54, 1.807) is 6.07 Å². The van der Waals surface area contributed by atoms with Crippen molar-refractivity contribution in [3.05, 3.63) is 52.8 Å². The number of aromatic carboxylic acids is 1. The van der Waals surface area contributed by atoms with Crippen LogP contribution in [0.5, 0.6) is 5.75 Å². The van der Waals surface area contributed by atoms with Gasteiger partial charge in [-0.2, -0.15) is 0 Å². The van der Waals surface area contributed by atoms with Crippen molar-refractivity contribution in [3.63, 3.8) is 0 Å². The molecule has 0 bridgehead atoms. The topological polar surface area (TPSA) is 108 Å². The van der Waals surface area contributed by atoms with Gasteiger partial charge in [-0.25, -0.2) is 17.6 Å². The number of likely N-dealkylation sites (N-methyl/N-ethyl adjacent to an activating group) is 1. The molecule has 0 aromatic heterocycles. The lowest BCUT2D eigenvalue weighted by molar-refractivity contribution is 0.0692. The highest BCUT2D eigenvalue weighted by atomic mass is 32.2. The van der Waals surface area contributed by atoms with E-state index in [1.807, 2.05) is 0 Å². The van der Waals surface area contributed by atoms with Crippen LogP contribution in [0.25, 0.3) is 0 Å². The molecule has 3 aliphatic rings. The molecule has 188 valence electrons. The van der Waals surface area contributed by atoms with Crippen LogP contribution in [0.2, 0.25) is 0 Å². The molecule has 2 aromatic carbocycles. The third-order valence-electron chi connectivity index (χ3n) is 7.27. The van der Waals surface area contributed by atoms with E-state index in [9.17, 15) is 22.7 Å². The predicted octanol–water partition coefficient (Wildman–Crippen LogP) is 3.05. The summed E-state index contributed by atoms with van der Waals surface area (Å²) < 4.78 is 48.9. The van der Waals surface area contributed by atoms with Crippen molar-refractivity contribution in [1.29, 1.82) is 0 Å². The molecule has 2 unspecified atom stereocenters. The highest BCUT2D eigenvalue weighted by Crippen LogP contribution is 2.55. The van der Waals surface area contributed by atoms with Gasteiger partial charge in [0.25, 0.3) is 10.0 Å². The number of nitrogens with one attached hydrogen (secondary N) is 2. The van der Waals surface area contributed by atoms with Crippen molar-refractivity contribution in [2.75, 3.05) is 37.5 Å². The monoisotopic (exact) mass is 503 g/mol. The molecule has 0 radical (unpaired) electrons. The summed E-state index contributed by atoms with van der Waals surface area (Å²) in [5, 5.41) is 13.3. The minimum atomic E-state index is -4.18. The van der Waals surface area contributed by atoms with Crippen LogP contribution in [0.3, 0.4) is 0 Å². The highest BCUT2D eigenvalue weighted by Gasteiger charge is 2.45. The molecule has 10 heteroatoms. The second-order valence-electron chi connectivity index (χ2n) is 9.57. The number of hydrogen-bond acceptors (Lipinski definition) is 6. The van der Waals surface area contributed by atoms with Gasteiger partial charge in [0.05, 0.1) is 17.2 Å². The SMILES string of the molecule is CCN1CC[C@@H](NCCc2cc(F)ccc2S(=O)(=O)Nc2ccc3c(c2C(=O)O)OCC2CC32)C1. The Labute approximate surface area is 204 Å². The van der Waals surface area contributed by atoms with Crippen molar-refractivity contribution in [3.8, 4) is 5.75 Å². The lowest BCUT2D eigenvalue weighted by Crippen LogP contribution is -2.34. The Morgan fingerprint density at radius 2 is 2.11 bits per heavy atom. The highest BCUT2D eigenvalue weighted by molar-refractivity contribution is 7.92. The number of carbonyl (C=O) groups is 1. The maximum atomic E-state index is 14.1. The molecule has 0 spiro atoms. The number of anilines is 1. The molecule has 5 rings (SSSR count). The number of rotatable bonds is 9. The second-order valence-corrected chi connectivity index (χ2v) is 11.2. The normalized spacial score (nSPS) is 23.3. The Morgan fingerprint density at radius 1 is 1.29 bits per heavy atom. The summed E-state index contributed by atoms with van der Waals surface area (Å²) in [5.74, 6) is -0.888. The first-order valence-corrected chi connectivity index (χ1v) is 13.5. The Bertz CT molecular complexity index is 1250. The van der Waals surface area contributed by atoms with E-state index >= 15 is 0 Å². The molecule has 3 N–H and O–H groups in total. The van der Waals surface area contributed by atoms with Crippen LogP contribution in [-0.2, 0) is 16.4 Å². The molecule has 35 heavy (non-hydrogen) atoms. The first kappa shape index (κ1) is 24.0. The summed E-state index contributed by atoms with van der Waals surface area (Å²) in [5.41, 5.74) is 0.892. The van der Waals surface area contributed by atoms with Crippen LogP contribution in [0, 0.1) is 11.7 Å². The zero-order chi connectivity index (χ0) is 24.7. The minimum absolute atomic E-state index is 0.0608. The van der Waals surface area contributed by atoms with Gasteiger partial charge in [-0.3, -0.25) is 4.72 Å². The number of benzene rings is 2. The largest absolute Gasteiger partial charge is 0.492 e. The number of sulfonamides is 1. The Hall–Kier alpha value is -2.69. The molecule has 2 heterocycles. The van der Waals surface area contributed by atoms with Gasteiger partial charge in [-0.05, 0) is 80.2 Å². The summed E-state index contributed by atoms with van der Waals surface area (Å²) in [6, 6.07) is 7.09. The fourth-order valence-electron chi connectivity index (χ4n) is 5.25. The van der Waals surface area contributed by atoms with Crippen molar-refractivity contribution < 1.29 is 27.4 Å². The zero-order valence-electron chi connectivity index (χ0n) is 19.6. The number of nitrogens with zero attached hydrogens (tertiary/aromatic N) is 1. The molecule has 2 aliphatic heterocycles. The third-order valence-corrected chi connectivity index (χ3v) is 8.74. The molecule has 2 aromatic rings. The fourth-order valence-corrected chi connectivity index (χ4v) is 6.57. The maximum Gasteiger partial charge on any atom is 0.341 e. The van der Waals surface area contributed by atoms with Gasteiger partial charge in [0.15, 0.2) is 0 Å². The van der Waals surface area contributed by atoms with E-state index < -0.39 is 21.8 Å². The van der Waals surface area contributed by atoms with E-state index in [2.05, 4.69) is 21.9 Å². The number of fused-ring (bicyclic) bond motifs is 3. The van der Waals surface area contributed by atoms with E-state index in [0.29, 0.717) is 37.1 Å². The standard InChI is InChI=1S/C25H30FN3O5S/c1-2-29-10-8-18(13-29)27-9-7-15-11-17(26)3-6-22(15)35(32,33)28-21-5-4-19-20-12-16(20)14-34-24(19)23(21)25(30)31/h3-6,11,16,18,20,27-28H,2,7-10,12-14H2,1H3,(H,30,31)/t16?,18-,20?/m1/s1. The summed E-state index contributed by atoms with van der Waals surface area (Å²) in [6.45, 7) is 6.00. The van der Waals surface area contributed by atoms with Gasteiger partial charge in [-0.15, -0.1) is 0 Å². The molecule has 1 saturated carbocycles. The molecular weight excluding hydrogens is 473 g/mol. The maximum absolute atomic E-state index is 14.1. The predicted molar refractivity (Wildman–Crippen MR) is 129 cm³/mol. The molecule has 1 saturated heterocycles. The first-order valence-electron chi connectivity index (χ1n) is 12.1. The van der Waals surface area contributed by atoms with E-state index in [1.165, 1.54) is 18.2 Å². The second kappa shape index (κ2) is 9.40. The number of likely N-dealkylation sites (tertiary alicyclic amines) is 1. The van der Waals surface area contributed by atoms with Gasteiger partial charge in [0.2, 0.25) is 0 Å². The minimum Gasteiger partial charge on any atom is -0.492 e. The van der Waals surface area contributed by atoms with Crippen LogP contribution in [0.4, 0.5) is 10.1 Å². The Kier molecular flexibility index (Phi) is 6.45. The number of carboxylic acid groups (broad SMARTS) is 1. The molecule has 1 aliphatic carbocycles. The van der Waals surface area contributed by atoms with Gasteiger partial charge in [0.1, 0.15) is 17.1 Å². The van der Waals surface area contributed by atoms with Crippen LogP contribution in [0.1, 0.15) is 47.2 Å². The molecular formula is C25H30FN3O5S. The zero-order valence-corrected chi connectivity index (χ0v) is 20.4. The van der Waals surface area contributed by atoms with Crippen molar-refractivity contribution in [1.82, 2.24) is 10.2 Å². The Balaban J connectivity index is 1.37. The quantitative estimate of drug-likeness (QED) is 0.483. The lowest BCUT2D eigenvalue weighted by Gasteiger charge is -2.21. The fraction of sp³-hybridized carbons (Fsp3) is 0.480. The van der Waals surface area contributed by atoms with Crippen LogP contribution < -0.4 is 14.8 Å². The van der Waals surface area contributed by atoms with Gasteiger partial charge in [0, 0.05) is 18.5 Å². The summed E-state index contributed by atoms with van der Waals surface area (Å²) in [4.78, 5) is 14.4. The van der Waals surface area contributed by atoms with Crippen LogP contribution in [-0.4, -0.2) is 63.2 Å². The van der Waals surface area contributed by atoms with Crippen molar-refractivity contribution in [2.24, 2.45) is 5.92 Å². The van der Waals surface area contributed by atoms with Crippen LogP contribution in [0.15, 0.2) is 35.2 Å². The molecule has 3 atom stereocenters. The summed E-state index contributed by atoms with van der Waals surface area (Å²) in [6.07, 6.45) is 2.28. The van der Waals surface area contributed by atoms with E-state index in [-0.39, 0.29) is 27.8 Å². The molecule has 2 fully saturated rings. The third kappa shape index (κ3) is 4.87. The van der Waals surface area contributed by atoms with E-state index in [4.69, 9.17) is 4.74 Å². The van der Waals surface area contributed by atoms with Gasteiger partial charge in [-0.1, -0.05) is 13.0 Å². The van der Waals surface area contributed by atoms with Gasteiger partial charge >= 0.3 is 5.97 Å². The van der Waals surface area contributed by atoms with E-state index in [0.717, 1.165) is 44.1 Å². The summed E-state index contributed by atoms with van der Waals surface area (Å²) in [7, 11) is -4.18. The molecule has 8 nitrogen and oxygen atoms in total. The number of halogens is 1.